The highest BCUT2D eigenvalue weighted by atomic mass is 32.2. The SMILES string of the molecule is CCSc1ccc(NC(C)COC)cn1. The molecule has 0 spiro atoms. The summed E-state index contributed by atoms with van der Waals surface area (Å²) >= 11 is 1.75. The van der Waals surface area contributed by atoms with Crippen LogP contribution in [0.5, 0.6) is 0 Å². The molecule has 0 radical (unpaired) electrons. The Bertz CT molecular complexity index is 276. The molecule has 0 amide bonds. The number of ether oxygens (including phenoxy) is 1. The van der Waals surface area contributed by atoms with Crippen LogP contribution in [-0.2, 0) is 4.74 Å². The van der Waals surface area contributed by atoms with Gasteiger partial charge in [0.1, 0.15) is 0 Å². The molecule has 0 saturated heterocycles. The highest BCUT2D eigenvalue weighted by molar-refractivity contribution is 7.99. The fourth-order valence-electron chi connectivity index (χ4n) is 1.28. The van der Waals surface area contributed by atoms with Crippen molar-refractivity contribution in [2.75, 3.05) is 24.8 Å². The molecule has 1 atom stereocenters. The molecule has 0 bridgehead atoms. The van der Waals surface area contributed by atoms with Crippen LogP contribution in [0, 0.1) is 0 Å². The predicted molar refractivity (Wildman–Crippen MR) is 65.6 cm³/mol. The van der Waals surface area contributed by atoms with Crippen LogP contribution in [0.1, 0.15) is 13.8 Å². The number of methoxy groups -OCH3 is 1. The average Bonchev–Trinajstić information content (AvgIpc) is 2.22. The second kappa shape index (κ2) is 6.69. The number of rotatable bonds is 6. The Labute approximate surface area is 95.6 Å². The van der Waals surface area contributed by atoms with Crippen LogP contribution in [0.15, 0.2) is 23.4 Å². The van der Waals surface area contributed by atoms with Gasteiger partial charge in [0.2, 0.25) is 0 Å². The van der Waals surface area contributed by atoms with Crippen LogP contribution in [-0.4, -0.2) is 30.5 Å². The third-order valence-electron chi connectivity index (χ3n) is 1.86. The lowest BCUT2D eigenvalue weighted by Crippen LogP contribution is -2.20. The Morgan fingerprint density at radius 1 is 1.53 bits per heavy atom. The fourth-order valence-corrected chi connectivity index (χ4v) is 1.86. The highest BCUT2D eigenvalue weighted by Crippen LogP contribution is 2.16. The van der Waals surface area contributed by atoms with Gasteiger partial charge in [-0.2, -0.15) is 0 Å². The Morgan fingerprint density at radius 2 is 2.33 bits per heavy atom. The summed E-state index contributed by atoms with van der Waals surface area (Å²) in [5, 5.41) is 4.39. The number of thioether (sulfide) groups is 1. The Hall–Kier alpha value is -0.740. The van der Waals surface area contributed by atoms with E-state index in [0.29, 0.717) is 12.6 Å². The van der Waals surface area contributed by atoms with Crippen LogP contribution in [0.2, 0.25) is 0 Å². The van der Waals surface area contributed by atoms with Gasteiger partial charge in [0.25, 0.3) is 0 Å². The highest BCUT2D eigenvalue weighted by Gasteiger charge is 2.01. The van der Waals surface area contributed by atoms with Crippen LogP contribution in [0.3, 0.4) is 0 Å². The van der Waals surface area contributed by atoms with Gasteiger partial charge in [-0.25, -0.2) is 4.98 Å². The fraction of sp³-hybridized carbons (Fsp3) is 0.545. The van der Waals surface area contributed by atoms with E-state index in [0.717, 1.165) is 16.5 Å². The van der Waals surface area contributed by atoms with Crippen molar-refractivity contribution in [3.05, 3.63) is 18.3 Å². The zero-order valence-corrected chi connectivity index (χ0v) is 10.3. The molecule has 0 aliphatic carbocycles. The first-order chi connectivity index (χ1) is 7.26. The van der Waals surface area contributed by atoms with Crippen molar-refractivity contribution in [1.82, 2.24) is 4.98 Å². The molecule has 0 fully saturated rings. The molecule has 1 N–H and O–H groups in total. The molecule has 3 nitrogen and oxygen atoms in total. The molecule has 0 saturated carbocycles. The van der Waals surface area contributed by atoms with E-state index in [1.165, 1.54) is 0 Å². The lowest BCUT2D eigenvalue weighted by atomic mass is 10.3. The van der Waals surface area contributed by atoms with Gasteiger partial charge >= 0.3 is 0 Å². The smallest absolute Gasteiger partial charge is 0.0961 e. The molecule has 1 heterocycles. The number of pyridine rings is 1. The molecule has 0 aromatic carbocycles. The standard InChI is InChI=1S/C11H18N2OS/c1-4-15-11-6-5-10(7-12-11)13-9(2)8-14-3/h5-7,9,13H,4,8H2,1-3H3. The molecule has 0 aliphatic heterocycles. The molecule has 1 aromatic heterocycles. The average molecular weight is 226 g/mol. The minimum absolute atomic E-state index is 0.307. The normalized spacial score (nSPS) is 12.5. The van der Waals surface area contributed by atoms with E-state index in [-0.39, 0.29) is 0 Å². The number of anilines is 1. The Balaban J connectivity index is 2.48. The quantitative estimate of drug-likeness (QED) is 0.756. The summed E-state index contributed by atoms with van der Waals surface area (Å²) < 4.78 is 5.05. The number of hydrogen-bond donors (Lipinski definition) is 1. The van der Waals surface area contributed by atoms with Gasteiger partial charge in [0, 0.05) is 13.2 Å². The first-order valence-electron chi connectivity index (χ1n) is 5.10. The second-order valence-electron chi connectivity index (χ2n) is 3.32. The van der Waals surface area contributed by atoms with Gasteiger partial charge in [-0.05, 0) is 24.8 Å². The summed E-state index contributed by atoms with van der Waals surface area (Å²) in [6.45, 7) is 4.91. The van der Waals surface area contributed by atoms with Crippen molar-refractivity contribution in [1.29, 1.82) is 0 Å². The first-order valence-corrected chi connectivity index (χ1v) is 6.09. The zero-order valence-electron chi connectivity index (χ0n) is 9.49. The van der Waals surface area contributed by atoms with Crippen molar-refractivity contribution in [2.24, 2.45) is 0 Å². The van der Waals surface area contributed by atoms with E-state index in [2.05, 4.69) is 30.2 Å². The molecule has 1 unspecified atom stereocenters. The summed E-state index contributed by atoms with van der Waals surface area (Å²) in [5.41, 5.74) is 1.04. The molecule has 0 aliphatic rings. The predicted octanol–water partition coefficient (Wildman–Crippen LogP) is 2.64. The van der Waals surface area contributed by atoms with Crippen molar-refractivity contribution in [3.63, 3.8) is 0 Å². The van der Waals surface area contributed by atoms with Gasteiger partial charge in [-0.1, -0.05) is 6.92 Å². The van der Waals surface area contributed by atoms with Crippen LogP contribution in [0.25, 0.3) is 0 Å². The molecule has 4 heteroatoms. The van der Waals surface area contributed by atoms with Crippen LogP contribution in [0.4, 0.5) is 5.69 Å². The van der Waals surface area contributed by atoms with Gasteiger partial charge < -0.3 is 10.1 Å². The first kappa shape index (κ1) is 12.3. The summed E-state index contributed by atoms with van der Waals surface area (Å²) in [4.78, 5) is 4.34. The van der Waals surface area contributed by atoms with E-state index in [9.17, 15) is 0 Å². The summed E-state index contributed by atoms with van der Waals surface area (Å²) in [5.74, 6) is 1.06. The molecule has 84 valence electrons. The molecular formula is C11H18N2OS. The third-order valence-corrected chi connectivity index (χ3v) is 2.68. The summed E-state index contributed by atoms with van der Waals surface area (Å²) in [7, 11) is 1.71. The lowest BCUT2D eigenvalue weighted by Gasteiger charge is -2.13. The van der Waals surface area contributed by atoms with Crippen LogP contribution >= 0.6 is 11.8 Å². The Morgan fingerprint density at radius 3 is 2.87 bits per heavy atom. The maximum Gasteiger partial charge on any atom is 0.0961 e. The summed E-state index contributed by atoms with van der Waals surface area (Å²) in [6.07, 6.45) is 1.87. The Kier molecular flexibility index (Phi) is 5.50. The zero-order chi connectivity index (χ0) is 11.1. The molecule has 1 rings (SSSR count). The van der Waals surface area contributed by atoms with E-state index in [4.69, 9.17) is 4.74 Å². The van der Waals surface area contributed by atoms with Gasteiger partial charge in [0.15, 0.2) is 0 Å². The van der Waals surface area contributed by atoms with Crippen molar-refractivity contribution in [2.45, 2.75) is 24.9 Å². The topological polar surface area (TPSA) is 34.1 Å². The van der Waals surface area contributed by atoms with Crippen LogP contribution < -0.4 is 5.32 Å². The third kappa shape index (κ3) is 4.53. The van der Waals surface area contributed by atoms with E-state index >= 15 is 0 Å². The van der Waals surface area contributed by atoms with E-state index < -0.39 is 0 Å². The number of hydrogen-bond acceptors (Lipinski definition) is 4. The number of nitrogens with one attached hydrogen (secondary N) is 1. The maximum absolute atomic E-state index is 5.05. The van der Waals surface area contributed by atoms with Crippen molar-refractivity contribution in [3.8, 4) is 0 Å². The number of aromatic nitrogens is 1. The molecular weight excluding hydrogens is 208 g/mol. The van der Waals surface area contributed by atoms with Crippen molar-refractivity contribution >= 4 is 17.4 Å². The number of nitrogens with zero attached hydrogens (tertiary/aromatic N) is 1. The van der Waals surface area contributed by atoms with Gasteiger partial charge in [-0.15, -0.1) is 11.8 Å². The summed E-state index contributed by atoms with van der Waals surface area (Å²) in [6, 6.07) is 4.40. The van der Waals surface area contributed by atoms with E-state index in [1.807, 2.05) is 12.3 Å². The largest absolute Gasteiger partial charge is 0.383 e. The lowest BCUT2D eigenvalue weighted by molar-refractivity contribution is 0.190. The van der Waals surface area contributed by atoms with Gasteiger partial charge in [-0.3, -0.25) is 0 Å². The molecule has 1 aromatic rings. The monoisotopic (exact) mass is 226 g/mol. The van der Waals surface area contributed by atoms with Gasteiger partial charge in [0.05, 0.1) is 23.5 Å². The molecule has 15 heavy (non-hydrogen) atoms. The second-order valence-corrected chi connectivity index (χ2v) is 4.60. The minimum atomic E-state index is 0.307. The maximum atomic E-state index is 5.05. The van der Waals surface area contributed by atoms with Crippen molar-refractivity contribution < 1.29 is 4.74 Å². The van der Waals surface area contributed by atoms with E-state index in [1.54, 1.807) is 18.9 Å². The minimum Gasteiger partial charge on any atom is -0.383 e.